The van der Waals surface area contributed by atoms with Crippen molar-refractivity contribution in [3.63, 3.8) is 0 Å². The van der Waals surface area contributed by atoms with Crippen LogP contribution < -0.4 is 4.90 Å². The predicted octanol–water partition coefficient (Wildman–Crippen LogP) is 4.41. The van der Waals surface area contributed by atoms with Crippen LogP contribution in [0.25, 0.3) is 0 Å². The molecule has 3 aromatic rings. The number of para-hydroxylation sites is 2. The number of nitrogens with zero attached hydrogens (tertiary/aromatic N) is 4. The van der Waals surface area contributed by atoms with E-state index in [2.05, 4.69) is 15.2 Å². The van der Waals surface area contributed by atoms with Crippen molar-refractivity contribution >= 4 is 40.8 Å². The van der Waals surface area contributed by atoms with E-state index in [0.717, 1.165) is 32.6 Å². The van der Waals surface area contributed by atoms with Crippen molar-refractivity contribution in [2.45, 2.75) is 28.8 Å². The van der Waals surface area contributed by atoms with Crippen molar-refractivity contribution in [1.82, 2.24) is 15.2 Å². The molecule has 0 atom stereocenters. The molecule has 0 aliphatic carbocycles. The maximum Gasteiger partial charge on any atom is 0.242 e. The number of amides is 1. The number of hydrogen-bond donors (Lipinski definition) is 0. The lowest BCUT2D eigenvalue weighted by Crippen LogP contribution is -2.30. The molecule has 0 bridgehead atoms. The number of anilines is 2. The van der Waals surface area contributed by atoms with Crippen molar-refractivity contribution in [2.75, 3.05) is 10.7 Å². The van der Waals surface area contributed by atoms with Crippen LogP contribution in [0.5, 0.6) is 0 Å². The molecule has 0 unspecified atom stereocenters. The predicted molar refractivity (Wildman–Crippen MR) is 104 cm³/mol. The van der Waals surface area contributed by atoms with Gasteiger partial charge in [0.2, 0.25) is 11.1 Å². The summed E-state index contributed by atoms with van der Waals surface area (Å²) in [6.45, 7) is 3.76. The zero-order chi connectivity index (χ0) is 18.1. The molecule has 2 heterocycles. The Labute approximate surface area is 160 Å². The Hall–Kier alpha value is -2.38. The summed E-state index contributed by atoms with van der Waals surface area (Å²) < 4.78 is 0. The molecule has 1 aliphatic rings. The first kappa shape index (κ1) is 17.1. The van der Waals surface area contributed by atoms with Crippen molar-refractivity contribution in [2.24, 2.45) is 0 Å². The second-order valence-corrected chi connectivity index (χ2v) is 7.85. The fraction of sp³-hybridized carbons (Fsp3) is 0.158. The van der Waals surface area contributed by atoms with Gasteiger partial charge in [0.05, 0.1) is 28.5 Å². The molecule has 0 fully saturated rings. The summed E-state index contributed by atoms with van der Waals surface area (Å²) in [7, 11) is 0. The number of rotatable bonds is 3. The molecule has 4 rings (SSSR count). The lowest BCUT2D eigenvalue weighted by atomic mass is 10.2. The molecule has 5 nitrogen and oxygen atoms in total. The van der Waals surface area contributed by atoms with Gasteiger partial charge in [-0.15, -0.1) is 5.10 Å². The number of carbonyl (C=O) groups excluding carboxylic acids is 1. The van der Waals surface area contributed by atoms with Crippen LogP contribution in [-0.2, 0) is 4.79 Å². The Morgan fingerprint density at radius 2 is 1.58 bits per heavy atom. The summed E-state index contributed by atoms with van der Waals surface area (Å²) >= 11 is 3.00. The minimum Gasteiger partial charge on any atom is -0.278 e. The fourth-order valence-electron chi connectivity index (χ4n) is 2.66. The van der Waals surface area contributed by atoms with Gasteiger partial charge in [0.25, 0.3) is 0 Å². The average molecular weight is 380 g/mol. The molecule has 0 saturated heterocycles. The molecule has 130 valence electrons. The molecule has 1 amide bonds. The fourth-order valence-corrected chi connectivity index (χ4v) is 4.40. The monoisotopic (exact) mass is 380 g/mol. The number of aryl methyl sites for hydroxylation is 2. The van der Waals surface area contributed by atoms with E-state index in [1.165, 1.54) is 11.8 Å². The number of hydrogen-bond acceptors (Lipinski definition) is 6. The summed E-state index contributed by atoms with van der Waals surface area (Å²) in [6.07, 6.45) is 0. The van der Waals surface area contributed by atoms with Gasteiger partial charge in [-0.05, 0) is 38.1 Å². The van der Waals surface area contributed by atoms with Gasteiger partial charge in [0.15, 0.2) is 0 Å². The minimum absolute atomic E-state index is 0.00275. The molecule has 1 aromatic heterocycles. The van der Waals surface area contributed by atoms with E-state index in [-0.39, 0.29) is 11.7 Å². The second-order valence-electron chi connectivity index (χ2n) is 5.82. The molecule has 0 N–H and O–H groups in total. The van der Waals surface area contributed by atoms with Gasteiger partial charge in [-0.3, -0.25) is 9.69 Å². The third-order valence-corrected chi connectivity index (χ3v) is 6.03. The number of benzene rings is 2. The summed E-state index contributed by atoms with van der Waals surface area (Å²) in [5, 5.41) is 8.67. The van der Waals surface area contributed by atoms with Crippen LogP contribution in [0, 0.1) is 13.8 Å². The van der Waals surface area contributed by atoms with E-state index in [0.29, 0.717) is 5.16 Å². The van der Waals surface area contributed by atoms with Crippen molar-refractivity contribution in [3.8, 4) is 0 Å². The minimum atomic E-state index is -0.00275. The molecular weight excluding hydrogens is 364 g/mol. The number of fused-ring (bicyclic) bond motifs is 2. The standard InChI is InChI=1S/C19H16N4OS2/c1-12-13(2)21-22-19(20-12)25-11-18(24)23-14-7-3-5-9-16(14)26-17-10-6-4-8-15(17)23/h3-10H,11H2,1-2H3. The number of carbonyl (C=O) groups is 1. The molecule has 1 aliphatic heterocycles. The smallest absolute Gasteiger partial charge is 0.242 e. The molecule has 26 heavy (non-hydrogen) atoms. The largest absolute Gasteiger partial charge is 0.278 e. The van der Waals surface area contributed by atoms with Gasteiger partial charge in [0, 0.05) is 9.79 Å². The van der Waals surface area contributed by atoms with E-state index in [9.17, 15) is 4.79 Å². The molecule has 0 radical (unpaired) electrons. The average Bonchev–Trinajstić information content (AvgIpc) is 2.66. The summed E-state index contributed by atoms with van der Waals surface area (Å²) in [5.74, 6) is 0.245. The maximum atomic E-state index is 13.1. The first-order chi connectivity index (χ1) is 12.6. The Morgan fingerprint density at radius 3 is 2.19 bits per heavy atom. The van der Waals surface area contributed by atoms with Gasteiger partial charge in [0.1, 0.15) is 0 Å². The van der Waals surface area contributed by atoms with Crippen LogP contribution in [0.15, 0.2) is 63.5 Å². The highest BCUT2D eigenvalue weighted by Crippen LogP contribution is 2.48. The summed E-state index contributed by atoms with van der Waals surface area (Å²) in [4.78, 5) is 21.4. The quantitative estimate of drug-likeness (QED) is 0.627. The number of thioether (sulfide) groups is 1. The van der Waals surface area contributed by atoms with E-state index < -0.39 is 0 Å². The first-order valence-corrected chi connectivity index (χ1v) is 9.93. The lowest BCUT2D eigenvalue weighted by molar-refractivity contribution is -0.115. The van der Waals surface area contributed by atoms with Crippen LogP contribution in [-0.4, -0.2) is 26.8 Å². The number of aromatic nitrogens is 3. The Morgan fingerprint density at radius 1 is 0.962 bits per heavy atom. The van der Waals surface area contributed by atoms with E-state index in [1.807, 2.05) is 62.4 Å². The summed E-state index contributed by atoms with van der Waals surface area (Å²) in [5.41, 5.74) is 3.47. The highest BCUT2D eigenvalue weighted by Gasteiger charge is 2.27. The summed E-state index contributed by atoms with van der Waals surface area (Å²) in [6, 6.07) is 15.9. The molecule has 0 saturated carbocycles. The molecular formula is C19H16N4OS2. The molecule has 0 spiro atoms. The maximum absolute atomic E-state index is 13.1. The van der Waals surface area contributed by atoms with Crippen LogP contribution in [0.2, 0.25) is 0 Å². The molecule has 2 aromatic carbocycles. The van der Waals surface area contributed by atoms with Crippen LogP contribution >= 0.6 is 23.5 Å². The third kappa shape index (κ3) is 3.20. The van der Waals surface area contributed by atoms with Crippen molar-refractivity contribution < 1.29 is 4.79 Å². The SMILES string of the molecule is Cc1nnc(SCC(=O)N2c3ccccc3Sc3ccccc32)nc1C. The molecule has 7 heteroatoms. The van der Waals surface area contributed by atoms with Crippen molar-refractivity contribution in [1.29, 1.82) is 0 Å². The zero-order valence-corrected chi connectivity index (χ0v) is 16.0. The Balaban J connectivity index is 1.62. The van der Waals surface area contributed by atoms with Crippen LogP contribution in [0.1, 0.15) is 11.4 Å². The van der Waals surface area contributed by atoms with Gasteiger partial charge in [-0.1, -0.05) is 47.8 Å². The first-order valence-electron chi connectivity index (χ1n) is 8.13. The Kier molecular flexibility index (Phi) is 4.65. The highest BCUT2D eigenvalue weighted by molar-refractivity contribution is 8.00. The van der Waals surface area contributed by atoms with Gasteiger partial charge < -0.3 is 0 Å². The topological polar surface area (TPSA) is 59.0 Å². The van der Waals surface area contributed by atoms with Gasteiger partial charge in [-0.2, -0.15) is 5.10 Å². The lowest BCUT2D eigenvalue weighted by Gasteiger charge is -2.30. The second kappa shape index (κ2) is 7.09. The van der Waals surface area contributed by atoms with E-state index in [4.69, 9.17) is 0 Å². The third-order valence-electron chi connectivity index (χ3n) is 4.08. The van der Waals surface area contributed by atoms with Crippen LogP contribution in [0.4, 0.5) is 11.4 Å². The zero-order valence-electron chi connectivity index (χ0n) is 14.3. The van der Waals surface area contributed by atoms with Gasteiger partial charge >= 0.3 is 0 Å². The highest BCUT2D eigenvalue weighted by atomic mass is 32.2. The Bertz CT molecular complexity index is 947. The van der Waals surface area contributed by atoms with Crippen LogP contribution in [0.3, 0.4) is 0 Å². The normalized spacial score (nSPS) is 12.5. The van der Waals surface area contributed by atoms with Crippen molar-refractivity contribution in [3.05, 3.63) is 59.9 Å². The van der Waals surface area contributed by atoms with E-state index in [1.54, 1.807) is 16.7 Å². The van der Waals surface area contributed by atoms with E-state index >= 15 is 0 Å². The van der Waals surface area contributed by atoms with Gasteiger partial charge in [-0.25, -0.2) is 4.98 Å².